The fourth-order valence-electron chi connectivity index (χ4n) is 5.42. The lowest BCUT2D eigenvalue weighted by molar-refractivity contribution is 0.535. The Morgan fingerprint density at radius 1 is 0.306 bits per heavy atom. The van der Waals surface area contributed by atoms with E-state index < -0.39 is 0 Å². The Labute approximate surface area is 235 Å². The van der Waals surface area contributed by atoms with Crippen LogP contribution in [0.2, 0.25) is 0 Å². The third kappa shape index (κ3) is 34.9. The average molecular weight is 544 g/mol. The maximum Gasteiger partial charge on any atom is 0.0569 e. The molecule has 0 N–H and O–H groups in total. The van der Waals surface area contributed by atoms with Crippen LogP contribution in [-0.4, -0.2) is 12.3 Å². The Morgan fingerprint density at radius 3 is 0.861 bits per heavy atom. The Bertz CT molecular complexity index is 323. The Morgan fingerprint density at radius 2 is 0.556 bits per heavy atom. The van der Waals surface area contributed by atoms with Crippen LogP contribution >= 0.6 is 16.5 Å². The zero-order chi connectivity index (χ0) is 26.0. The quantitative estimate of drug-likeness (QED) is 0.0570. The molecule has 0 amide bonds. The Hall–Kier alpha value is 0.860. The van der Waals surface area contributed by atoms with E-state index in [9.17, 15) is 0 Å². The largest absolute Gasteiger partial charge is 0.0654 e. The van der Waals surface area contributed by atoms with Crippen LogP contribution in [0.25, 0.3) is 0 Å². The molecule has 0 aliphatic heterocycles. The van der Waals surface area contributed by atoms with Crippen molar-refractivity contribution >= 4 is 16.5 Å². The van der Waals surface area contributed by atoms with Gasteiger partial charge in [0.2, 0.25) is 0 Å². The molecule has 0 fully saturated rings. The molecule has 0 aromatic rings. The van der Waals surface area contributed by atoms with E-state index in [0.29, 0.717) is 0 Å². The van der Waals surface area contributed by atoms with Crippen molar-refractivity contribution < 1.29 is 0 Å². The van der Waals surface area contributed by atoms with Gasteiger partial charge in [-0.15, -0.1) is 0 Å². The van der Waals surface area contributed by atoms with Crippen LogP contribution in [0.5, 0.6) is 0 Å². The molecule has 218 valence electrons. The van der Waals surface area contributed by atoms with E-state index in [-0.39, 0.29) is 0 Å². The fourth-order valence-corrected chi connectivity index (χ4v) is 9.22. The predicted octanol–water partition coefficient (Wildman–Crippen LogP) is 13.7. The summed E-state index contributed by atoms with van der Waals surface area (Å²) >= 11 is 0. The van der Waals surface area contributed by atoms with Crippen molar-refractivity contribution in [3.8, 4) is 0 Å². The smallest absolute Gasteiger partial charge is 0.0569 e. The lowest BCUT2D eigenvalue weighted by Crippen LogP contribution is -1.84. The maximum absolute atomic E-state index is 2.31. The van der Waals surface area contributed by atoms with Crippen LogP contribution in [0.4, 0.5) is 0 Å². The molecule has 0 radical (unpaired) electrons. The fraction of sp³-hybridized carbons (Fsp3) is 1.00. The maximum atomic E-state index is 2.31. The summed E-state index contributed by atoms with van der Waals surface area (Å²) in [6.07, 6.45) is 47.8. The van der Waals surface area contributed by atoms with Gasteiger partial charge in [-0.1, -0.05) is 187 Å². The molecule has 0 aromatic heterocycles. The molecule has 0 saturated carbocycles. The zero-order valence-corrected chi connectivity index (χ0v) is 27.9. The first-order chi connectivity index (χ1) is 17.9. The van der Waals surface area contributed by atoms with Crippen molar-refractivity contribution in [1.29, 1.82) is 0 Å². The minimum atomic E-state index is 0.797. The van der Waals surface area contributed by atoms with E-state index >= 15 is 0 Å². The van der Waals surface area contributed by atoms with Crippen molar-refractivity contribution in [1.82, 2.24) is 0 Å². The molecule has 2 unspecified atom stereocenters. The lowest BCUT2D eigenvalue weighted by atomic mass is 10.0. The second-order valence-electron chi connectivity index (χ2n) is 11.8. The molecule has 0 aromatic carbocycles. The van der Waals surface area contributed by atoms with Crippen LogP contribution in [0.3, 0.4) is 0 Å². The minimum Gasteiger partial charge on any atom is -0.0654 e. The van der Waals surface area contributed by atoms with E-state index in [1.807, 2.05) is 0 Å². The van der Waals surface area contributed by atoms with Crippen molar-refractivity contribution in [3.05, 3.63) is 0 Å². The Kier molecular flexibility index (Phi) is 36.7. The van der Waals surface area contributed by atoms with Gasteiger partial charge >= 0.3 is 0 Å². The van der Waals surface area contributed by atoms with Crippen molar-refractivity contribution in [2.75, 3.05) is 12.3 Å². The van der Waals surface area contributed by atoms with E-state index in [1.165, 1.54) is 194 Å². The number of rotatable bonds is 33. The van der Waals surface area contributed by atoms with Gasteiger partial charge < -0.3 is 0 Å². The standard InChI is InChI=1S/C34H72P2/c1-3-5-7-9-11-13-15-17-19-21-23-25-27-29-31-33-35-36-34-32-30-28-26-24-22-20-18-16-14-12-10-8-6-4-2/h35-36H,3-34H2,1-2H3/p+1. The molecule has 2 heteroatoms. The summed E-state index contributed by atoms with van der Waals surface area (Å²) in [6, 6.07) is 0. The second kappa shape index (κ2) is 35.9. The molecule has 2 atom stereocenters. The van der Waals surface area contributed by atoms with Gasteiger partial charge in [0.1, 0.15) is 0 Å². The van der Waals surface area contributed by atoms with Gasteiger partial charge in [0.15, 0.2) is 0 Å². The average Bonchev–Trinajstić information content (AvgIpc) is 2.89. The molecule has 0 bridgehead atoms. The lowest BCUT2D eigenvalue weighted by Gasteiger charge is -2.03. The highest BCUT2D eigenvalue weighted by Gasteiger charge is 1.99. The molecular weight excluding hydrogens is 470 g/mol. The van der Waals surface area contributed by atoms with Crippen LogP contribution in [0, 0.1) is 0 Å². The summed E-state index contributed by atoms with van der Waals surface area (Å²) in [5, 5.41) is 0. The van der Waals surface area contributed by atoms with Gasteiger partial charge in [-0.3, -0.25) is 0 Å². The van der Waals surface area contributed by atoms with E-state index in [2.05, 4.69) is 13.8 Å². The molecule has 0 nitrogen and oxygen atoms in total. The van der Waals surface area contributed by atoms with Crippen LogP contribution in [-0.2, 0) is 0 Å². The first-order valence-corrected chi connectivity index (χ1v) is 21.3. The zero-order valence-electron chi connectivity index (χ0n) is 25.7. The normalized spacial score (nSPS) is 12.2. The molecule has 0 heterocycles. The van der Waals surface area contributed by atoms with Gasteiger partial charge in [-0.05, 0) is 25.4 Å². The topological polar surface area (TPSA) is 0 Å². The minimum absolute atomic E-state index is 0.797. The van der Waals surface area contributed by atoms with Gasteiger partial charge in [0.25, 0.3) is 0 Å². The third-order valence-electron chi connectivity index (χ3n) is 8.02. The van der Waals surface area contributed by atoms with Gasteiger partial charge in [0, 0.05) is 16.5 Å². The molecule has 0 aliphatic carbocycles. The monoisotopic (exact) mass is 544 g/mol. The molecule has 0 rings (SSSR count). The van der Waals surface area contributed by atoms with Crippen LogP contribution in [0.1, 0.15) is 206 Å². The molecule has 0 aliphatic rings. The highest BCUT2D eigenvalue weighted by molar-refractivity contribution is 8.11. The van der Waals surface area contributed by atoms with E-state index in [4.69, 9.17) is 0 Å². The number of hydrogen-bond acceptors (Lipinski definition) is 0. The predicted molar refractivity (Wildman–Crippen MR) is 178 cm³/mol. The third-order valence-corrected chi connectivity index (χ3v) is 12.2. The molecule has 36 heavy (non-hydrogen) atoms. The van der Waals surface area contributed by atoms with Gasteiger partial charge in [-0.25, -0.2) is 0 Å². The first-order valence-electron chi connectivity index (χ1n) is 17.5. The summed E-state index contributed by atoms with van der Waals surface area (Å²) in [5.41, 5.74) is 0. The summed E-state index contributed by atoms with van der Waals surface area (Å²) in [5.74, 6) is 0. The Balaban J connectivity index is 3.00. The molecule has 0 spiro atoms. The van der Waals surface area contributed by atoms with Gasteiger partial charge in [0.05, 0.1) is 6.16 Å². The molecule has 0 saturated heterocycles. The molecular formula is C34H73P2+. The first kappa shape index (κ1) is 36.9. The summed E-state index contributed by atoms with van der Waals surface area (Å²) in [7, 11) is 2.13. The summed E-state index contributed by atoms with van der Waals surface area (Å²) < 4.78 is 0. The van der Waals surface area contributed by atoms with Crippen LogP contribution < -0.4 is 0 Å². The van der Waals surface area contributed by atoms with Crippen molar-refractivity contribution in [2.24, 2.45) is 0 Å². The summed E-state index contributed by atoms with van der Waals surface area (Å²) in [4.78, 5) is 0. The van der Waals surface area contributed by atoms with Crippen molar-refractivity contribution in [2.45, 2.75) is 206 Å². The second-order valence-corrected chi connectivity index (χ2v) is 16.2. The summed E-state index contributed by atoms with van der Waals surface area (Å²) in [6.45, 7) is 4.62. The SMILES string of the molecule is CCCCCCCCCCCCCCCCCP[PH2+]CCCCCCCCCCCCCCCCC. The van der Waals surface area contributed by atoms with E-state index in [1.54, 1.807) is 18.7 Å². The highest BCUT2D eigenvalue weighted by Crippen LogP contribution is 2.38. The van der Waals surface area contributed by atoms with Gasteiger partial charge in [-0.2, -0.15) is 0 Å². The highest BCUT2D eigenvalue weighted by atomic mass is 32.0. The number of hydrogen-bond donors (Lipinski definition) is 0. The number of unbranched alkanes of at least 4 members (excludes halogenated alkanes) is 28. The van der Waals surface area contributed by atoms with Crippen LogP contribution in [0.15, 0.2) is 0 Å². The van der Waals surface area contributed by atoms with Crippen molar-refractivity contribution in [3.63, 3.8) is 0 Å². The van der Waals surface area contributed by atoms with E-state index in [0.717, 1.165) is 8.27 Å².